The molecule has 2 bridgehead atoms. The van der Waals surface area contributed by atoms with Crippen molar-refractivity contribution in [2.75, 3.05) is 5.75 Å². The maximum Gasteiger partial charge on any atom is 0.324 e. The number of sulfone groups is 1. The summed E-state index contributed by atoms with van der Waals surface area (Å²) in [5.41, 5.74) is 0.336. The van der Waals surface area contributed by atoms with Gasteiger partial charge in [-0.25, -0.2) is 8.42 Å². The Labute approximate surface area is 128 Å². The molecule has 0 amide bonds. The third-order valence-electron chi connectivity index (χ3n) is 5.91. The predicted molar refractivity (Wildman–Crippen MR) is 82.6 cm³/mol. The summed E-state index contributed by atoms with van der Waals surface area (Å²) in [4.78, 5) is 12.2. The third-order valence-corrected chi connectivity index (χ3v) is 8.16. The second kappa shape index (κ2) is 5.56. The van der Waals surface area contributed by atoms with Crippen LogP contribution in [-0.4, -0.2) is 31.5 Å². The van der Waals surface area contributed by atoms with Crippen molar-refractivity contribution in [2.45, 2.75) is 65.2 Å². The van der Waals surface area contributed by atoms with Crippen LogP contribution >= 0.6 is 0 Å². The lowest BCUT2D eigenvalue weighted by Crippen LogP contribution is -2.57. The highest BCUT2D eigenvalue weighted by Gasteiger charge is 2.57. The zero-order chi connectivity index (χ0) is 16.0. The first-order valence-corrected chi connectivity index (χ1v) is 9.74. The molecule has 4 nitrogen and oxygen atoms in total. The summed E-state index contributed by atoms with van der Waals surface area (Å²) in [6, 6.07) is 0. The van der Waals surface area contributed by atoms with E-state index in [-0.39, 0.29) is 11.9 Å². The van der Waals surface area contributed by atoms with Crippen molar-refractivity contribution in [1.82, 2.24) is 0 Å². The van der Waals surface area contributed by atoms with Crippen molar-refractivity contribution in [3.8, 4) is 0 Å². The molecule has 0 saturated heterocycles. The predicted octanol–water partition coefficient (Wildman–Crippen LogP) is 2.81. The Morgan fingerprint density at radius 1 is 1.33 bits per heavy atom. The van der Waals surface area contributed by atoms with E-state index in [1.165, 1.54) is 13.3 Å². The number of rotatable bonds is 5. The number of fused-ring (bicyclic) bond motifs is 2. The minimum absolute atomic E-state index is 0.0434. The summed E-state index contributed by atoms with van der Waals surface area (Å²) in [6.07, 6.45) is 2.49. The average molecular weight is 316 g/mol. The van der Waals surface area contributed by atoms with E-state index in [1.807, 2.05) is 0 Å². The summed E-state index contributed by atoms with van der Waals surface area (Å²) in [5.74, 6) is 0.965. The van der Waals surface area contributed by atoms with Gasteiger partial charge < -0.3 is 4.74 Å². The summed E-state index contributed by atoms with van der Waals surface area (Å²) < 4.78 is 29.5. The van der Waals surface area contributed by atoms with Gasteiger partial charge in [0, 0.05) is 0 Å². The fourth-order valence-corrected chi connectivity index (χ4v) is 5.38. The molecular formula is C16H28O4S. The lowest BCUT2D eigenvalue weighted by atomic mass is 9.45. The van der Waals surface area contributed by atoms with Gasteiger partial charge in [-0.05, 0) is 49.4 Å². The van der Waals surface area contributed by atoms with Crippen LogP contribution < -0.4 is 0 Å². The van der Waals surface area contributed by atoms with Gasteiger partial charge in [0.15, 0.2) is 15.1 Å². The molecule has 122 valence electrons. The molecule has 0 aromatic rings. The minimum Gasteiger partial charge on any atom is -0.461 e. The molecular weight excluding hydrogens is 288 g/mol. The zero-order valence-corrected chi connectivity index (χ0v) is 14.6. The smallest absolute Gasteiger partial charge is 0.324 e. The summed E-state index contributed by atoms with van der Waals surface area (Å²) in [7, 11) is -3.38. The first-order chi connectivity index (χ1) is 9.61. The number of carbonyl (C=O) groups excluding carboxylic acids is 1. The van der Waals surface area contributed by atoms with Crippen LogP contribution in [0.15, 0.2) is 0 Å². The van der Waals surface area contributed by atoms with E-state index in [2.05, 4.69) is 20.8 Å². The molecule has 0 aromatic heterocycles. The lowest BCUT2D eigenvalue weighted by molar-refractivity contribution is -0.185. The highest BCUT2D eigenvalue weighted by Crippen LogP contribution is 2.61. The number of hydrogen-bond donors (Lipinski definition) is 0. The highest BCUT2D eigenvalue weighted by atomic mass is 32.2. The molecule has 0 N–H and O–H groups in total. The highest BCUT2D eigenvalue weighted by molar-refractivity contribution is 7.92. The van der Waals surface area contributed by atoms with Gasteiger partial charge in [-0.2, -0.15) is 0 Å². The van der Waals surface area contributed by atoms with Gasteiger partial charge in [0.1, 0.15) is 6.10 Å². The van der Waals surface area contributed by atoms with Crippen molar-refractivity contribution in [2.24, 2.45) is 23.2 Å². The van der Waals surface area contributed by atoms with Crippen LogP contribution in [0.4, 0.5) is 0 Å². The fraction of sp³-hybridized carbons (Fsp3) is 0.938. The maximum atomic E-state index is 12.2. The Morgan fingerprint density at radius 2 is 1.95 bits per heavy atom. The van der Waals surface area contributed by atoms with Crippen LogP contribution in [0.5, 0.6) is 0 Å². The number of esters is 1. The molecule has 0 unspecified atom stereocenters. The molecule has 0 aliphatic heterocycles. The van der Waals surface area contributed by atoms with Crippen LogP contribution in [0.1, 0.15) is 53.9 Å². The molecule has 0 heterocycles. The van der Waals surface area contributed by atoms with Crippen molar-refractivity contribution < 1.29 is 17.9 Å². The topological polar surface area (TPSA) is 60.4 Å². The van der Waals surface area contributed by atoms with E-state index in [0.717, 1.165) is 6.42 Å². The van der Waals surface area contributed by atoms with Gasteiger partial charge in [0.25, 0.3) is 0 Å². The van der Waals surface area contributed by atoms with Gasteiger partial charge in [-0.1, -0.05) is 27.7 Å². The van der Waals surface area contributed by atoms with Crippen molar-refractivity contribution in [3.05, 3.63) is 0 Å². The standard InChI is InChI=1S/C16H28O4S/c1-6-7-21(18,19)11(3)15(17)20-14-9-12-8-13(10(14)2)16(12,4)5/h10-14H,6-9H2,1-5H3/t10-,11-,12-,13+,14-/m1/s1. The van der Waals surface area contributed by atoms with Crippen molar-refractivity contribution >= 4 is 15.8 Å². The van der Waals surface area contributed by atoms with Crippen LogP contribution in [-0.2, 0) is 19.4 Å². The quantitative estimate of drug-likeness (QED) is 0.732. The summed E-state index contributed by atoms with van der Waals surface area (Å²) in [6.45, 7) is 9.95. The monoisotopic (exact) mass is 316 g/mol. The van der Waals surface area contributed by atoms with Gasteiger partial charge in [0.2, 0.25) is 0 Å². The molecule has 0 spiro atoms. The normalized spacial score (nSPS) is 35.7. The van der Waals surface area contributed by atoms with Gasteiger partial charge in [-0.3, -0.25) is 4.79 Å². The molecule has 3 fully saturated rings. The fourth-order valence-electron chi connectivity index (χ4n) is 4.11. The Balaban J connectivity index is 1.99. The van der Waals surface area contributed by atoms with Crippen LogP contribution in [0.25, 0.3) is 0 Å². The van der Waals surface area contributed by atoms with E-state index >= 15 is 0 Å². The number of carbonyl (C=O) groups is 1. The zero-order valence-electron chi connectivity index (χ0n) is 13.8. The molecule has 3 aliphatic rings. The molecule has 5 heteroatoms. The third kappa shape index (κ3) is 2.86. The first kappa shape index (κ1) is 16.8. The molecule has 3 aliphatic carbocycles. The molecule has 3 rings (SSSR count). The molecule has 21 heavy (non-hydrogen) atoms. The molecule has 5 atom stereocenters. The van der Waals surface area contributed by atoms with E-state index in [9.17, 15) is 13.2 Å². The van der Waals surface area contributed by atoms with E-state index < -0.39 is 21.1 Å². The molecule has 3 saturated carbocycles. The lowest BCUT2D eigenvalue weighted by Gasteiger charge is -2.61. The largest absolute Gasteiger partial charge is 0.461 e. The Bertz CT molecular complexity index is 508. The summed E-state index contributed by atoms with van der Waals surface area (Å²) >= 11 is 0. The Hall–Kier alpha value is -0.580. The van der Waals surface area contributed by atoms with Gasteiger partial charge >= 0.3 is 5.97 Å². The second-order valence-electron chi connectivity index (χ2n) is 7.44. The average Bonchev–Trinajstić information content (AvgIpc) is 2.39. The van der Waals surface area contributed by atoms with Crippen molar-refractivity contribution in [3.63, 3.8) is 0 Å². The number of hydrogen-bond acceptors (Lipinski definition) is 4. The maximum absolute atomic E-state index is 12.2. The summed E-state index contributed by atoms with van der Waals surface area (Å²) in [5, 5.41) is -1.05. The minimum atomic E-state index is -3.38. The second-order valence-corrected chi connectivity index (χ2v) is 9.88. The number of ether oxygens (including phenoxy) is 1. The Morgan fingerprint density at radius 3 is 2.43 bits per heavy atom. The van der Waals surface area contributed by atoms with Crippen LogP contribution in [0, 0.1) is 23.2 Å². The Kier molecular flexibility index (Phi) is 4.45. The van der Waals surface area contributed by atoms with Crippen molar-refractivity contribution in [1.29, 1.82) is 0 Å². The van der Waals surface area contributed by atoms with E-state index in [1.54, 1.807) is 6.92 Å². The van der Waals surface area contributed by atoms with E-state index in [4.69, 9.17) is 4.74 Å². The van der Waals surface area contributed by atoms with E-state index in [0.29, 0.717) is 29.6 Å². The van der Waals surface area contributed by atoms with Crippen LogP contribution in [0.3, 0.4) is 0 Å². The molecule has 0 radical (unpaired) electrons. The van der Waals surface area contributed by atoms with Crippen LogP contribution in [0.2, 0.25) is 0 Å². The van der Waals surface area contributed by atoms with Gasteiger partial charge in [-0.15, -0.1) is 0 Å². The first-order valence-electron chi connectivity index (χ1n) is 8.03. The molecule has 0 aromatic carbocycles. The van der Waals surface area contributed by atoms with Gasteiger partial charge in [0.05, 0.1) is 5.75 Å². The SMILES string of the molecule is CCCS(=O)(=O)[C@H](C)C(=O)O[C@@H]1C[C@H]2C[C@@H]([C@H]1C)C2(C)C.